The number of hydrogen-bond acceptors (Lipinski definition) is 10. The van der Waals surface area contributed by atoms with Gasteiger partial charge in [-0.1, -0.05) is 27.7 Å². The summed E-state index contributed by atoms with van der Waals surface area (Å²) in [6.45, 7) is 25.8. The highest BCUT2D eigenvalue weighted by Crippen LogP contribution is 2.49. The average Bonchev–Trinajstić information content (AvgIpc) is 3.91. The lowest BCUT2D eigenvalue weighted by Gasteiger charge is -2.37. The van der Waals surface area contributed by atoms with Crippen molar-refractivity contribution < 1.29 is 28.9 Å². The summed E-state index contributed by atoms with van der Waals surface area (Å²) in [6, 6.07) is 5.12. The smallest absolute Gasteiger partial charge is 0.410 e. The van der Waals surface area contributed by atoms with Gasteiger partial charge in [0.2, 0.25) is 0 Å². The number of carbonyl (C=O) groups excluding carboxylic acids is 2. The lowest BCUT2D eigenvalue weighted by molar-refractivity contribution is -0.0354. The van der Waals surface area contributed by atoms with E-state index in [1.54, 1.807) is 23.9 Å². The van der Waals surface area contributed by atoms with E-state index in [9.17, 15) is 14.7 Å². The molecule has 1 spiro atoms. The Balaban J connectivity index is 0.000000273. The van der Waals surface area contributed by atoms with E-state index in [0.29, 0.717) is 36.5 Å². The number of hydrogen-bond donors (Lipinski definition) is 1. The summed E-state index contributed by atoms with van der Waals surface area (Å²) in [5.41, 5.74) is 1.93. The molecule has 1 N–H and O–H groups in total. The topological polar surface area (TPSA) is 131 Å². The second kappa shape index (κ2) is 21.7. The molecular weight excluding hydrogens is 785 g/mol. The van der Waals surface area contributed by atoms with Gasteiger partial charge in [0.15, 0.2) is 0 Å². The first-order chi connectivity index (χ1) is 28.8. The number of nitrogens with zero attached hydrogens (tertiary/aromatic N) is 8. The molecule has 5 rings (SSSR count). The fourth-order valence-corrected chi connectivity index (χ4v) is 9.26. The van der Waals surface area contributed by atoms with Gasteiger partial charge in [-0.25, -0.2) is 9.59 Å². The summed E-state index contributed by atoms with van der Waals surface area (Å²) in [5.74, 6) is 0.698. The van der Waals surface area contributed by atoms with E-state index < -0.39 is 11.2 Å². The number of ether oxygens (including phenoxy) is 3. The molecule has 0 unspecified atom stereocenters. The third-order valence-corrected chi connectivity index (χ3v) is 12.6. The Morgan fingerprint density at radius 3 is 1.55 bits per heavy atom. The van der Waals surface area contributed by atoms with Crippen LogP contribution in [-0.2, 0) is 27.3 Å². The molecule has 0 bridgehead atoms. The zero-order valence-corrected chi connectivity index (χ0v) is 41.3. The van der Waals surface area contributed by atoms with E-state index in [0.717, 1.165) is 77.7 Å². The molecule has 354 valence electrons. The Labute approximate surface area is 375 Å². The molecule has 3 fully saturated rings. The molecule has 2 aromatic rings. The first-order valence-corrected chi connectivity index (χ1v) is 23.3. The minimum Gasteiger partial charge on any atom is -0.444 e. The number of rotatable bonds is 15. The largest absolute Gasteiger partial charge is 0.444 e. The molecule has 2 aromatic heterocycles. The molecule has 2 aliphatic carbocycles. The van der Waals surface area contributed by atoms with E-state index in [1.165, 1.54) is 30.7 Å². The number of aromatic nitrogens is 4. The maximum absolute atomic E-state index is 12.2. The number of likely N-dealkylation sites (N-methyl/N-ethyl adjacent to an activating group) is 4. The van der Waals surface area contributed by atoms with E-state index >= 15 is 0 Å². The molecule has 0 aromatic carbocycles. The maximum Gasteiger partial charge on any atom is 0.410 e. The summed E-state index contributed by atoms with van der Waals surface area (Å²) in [4.78, 5) is 32.0. The molecule has 14 nitrogen and oxygen atoms in total. The first kappa shape index (κ1) is 51.4. The lowest BCUT2D eigenvalue weighted by Crippen LogP contribution is -2.38. The minimum absolute atomic E-state index is 0.0174. The molecule has 0 radical (unpaired) electrons. The van der Waals surface area contributed by atoms with Crippen LogP contribution in [-0.4, -0.2) is 141 Å². The molecule has 2 amide bonds. The van der Waals surface area contributed by atoms with Gasteiger partial charge in [-0.05, 0) is 149 Å². The third-order valence-electron chi connectivity index (χ3n) is 12.6. The molecule has 14 heteroatoms. The van der Waals surface area contributed by atoms with Crippen LogP contribution in [0.15, 0.2) is 24.5 Å². The highest BCUT2D eigenvalue weighted by atomic mass is 16.6. The fraction of sp³-hybridized carbons (Fsp3) is 0.833. The predicted octanol–water partition coefficient (Wildman–Crippen LogP) is 8.80. The Hall–Kier alpha value is -3.20. The minimum atomic E-state index is -0.476. The summed E-state index contributed by atoms with van der Waals surface area (Å²) in [6.07, 6.45) is 14.7. The normalized spacial score (nSPS) is 23.0. The van der Waals surface area contributed by atoms with Gasteiger partial charge in [0.25, 0.3) is 0 Å². The number of amides is 2. The Morgan fingerprint density at radius 2 is 1.16 bits per heavy atom. The molecule has 0 atom stereocenters. The SMILES string of the molecule is CN(CCN(C)C(=O)OC(C)(C)C)Cc1ccnn1C1CCC(CC(C)(C)CO)CC1.CN(CCN(C)C(=O)OC(C)(C)C)Cc1ccnn1C1CCC2(CC1)CC(C)(C)CO2. The van der Waals surface area contributed by atoms with Crippen LogP contribution in [0.5, 0.6) is 0 Å². The van der Waals surface area contributed by atoms with Gasteiger partial charge < -0.3 is 29.1 Å². The molecule has 2 saturated carbocycles. The molecule has 3 heterocycles. The molecular formula is C48H86N8O6. The molecule has 3 aliphatic rings. The zero-order valence-electron chi connectivity index (χ0n) is 41.3. The summed E-state index contributed by atoms with van der Waals surface area (Å²) >= 11 is 0. The Bertz CT molecular complexity index is 1670. The van der Waals surface area contributed by atoms with Gasteiger partial charge in [0.1, 0.15) is 11.2 Å². The van der Waals surface area contributed by atoms with Crippen molar-refractivity contribution in [3.05, 3.63) is 35.9 Å². The molecule has 62 heavy (non-hydrogen) atoms. The van der Waals surface area contributed by atoms with Crippen LogP contribution in [0, 0.1) is 16.7 Å². The van der Waals surface area contributed by atoms with Gasteiger partial charge in [0, 0.05) is 72.4 Å². The molecule has 1 saturated heterocycles. The van der Waals surface area contributed by atoms with Crippen molar-refractivity contribution in [2.75, 3.05) is 67.6 Å². The van der Waals surface area contributed by atoms with E-state index in [-0.39, 0.29) is 29.8 Å². The van der Waals surface area contributed by atoms with Crippen LogP contribution < -0.4 is 0 Å². The quantitative estimate of drug-likeness (QED) is 0.185. The number of aliphatic hydroxyl groups is 1. The Morgan fingerprint density at radius 1 is 0.726 bits per heavy atom. The fourth-order valence-electron chi connectivity index (χ4n) is 9.26. The third kappa shape index (κ3) is 16.4. The van der Waals surface area contributed by atoms with Crippen molar-refractivity contribution in [1.29, 1.82) is 0 Å². The van der Waals surface area contributed by atoms with Crippen LogP contribution in [0.1, 0.15) is 157 Å². The van der Waals surface area contributed by atoms with Crippen molar-refractivity contribution in [3.63, 3.8) is 0 Å². The zero-order chi connectivity index (χ0) is 46.1. The van der Waals surface area contributed by atoms with Crippen LogP contribution >= 0.6 is 0 Å². The van der Waals surface area contributed by atoms with Crippen molar-refractivity contribution >= 4 is 12.2 Å². The first-order valence-electron chi connectivity index (χ1n) is 23.3. The average molecular weight is 871 g/mol. The maximum atomic E-state index is 12.2. The van der Waals surface area contributed by atoms with Crippen LogP contribution in [0.2, 0.25) is 0 Å². The number of carbonyl (C=O) groups is 2. The summed E-state index contributed by atoms with van der Waals surface area (Å²) < 4.78 is 21.6. The monoisotopic (exact) mass is 871 g/mol. The van der Waals surface area contributed by atoms with Crippen molar-refractivity contribution in [1.82, 2.24) is 39.2 Å². The van der Waals surface area contributed by atoms with Gasteiger partial charge >= 0.3 is 12.2 Å². The van der Waals surface area contributed by atoms with E-state index in [1.807, 2.05) is 53.9 Å². The lowest BCUT2D eigenvalue weighted by atomic mass is 9.75. The van der Waals surface area contributed by atoms with Crippen LogP contribution in [0.25, 0.3) is 0 Å². The summed E-state index contributed by atoms with van der Waals surface area (Å²) in [5, 5.41) is 18.9. The number of aliphatic hydroxyl groups excluding tert-OH is 1. The van der Waals surface area contributed by atoms with Gasteiger partial charge in [-0.15, -0.1) is 0 Å². The highest BCUT2D eigenvalue weighted by molar-refractivity contribution is 5.68. The van der Waals surface area contributed by atoms with Gasteiger partial charge in [0.05, 0.1) is 35.7 Å². The molecule has 1 aliphatic heterocycles. The second-order valence-corrected chi connectivity index (χ2v) is 22.6. The predicted molar refractivity (Wildman–Crippen MR) is 246 cm³/mol. The Kier molecular flexibility index (Phi) is 18.0. The van der Waals surface area contributed by atoms with E-state index in [2.05, 4.69) is 83.3 Å². The standard InChI is InChI=1S/C24H42N4O3.C24H44N4O3/c1-22(2,3)31-21(29)27(7)15-14-26(6)16-20-10-13-25-28(20)19-8-11-24(12-9-19)17-23(4,5)18-30-24;1-23(2,3)31-22(30)27(7)15-14-26(6)17-21-12-13-25-28(21)20-10-8-19(9-11-20)16-24(4,5)18-29/h10,13,19H,8-9,11-12,14-18H2,1-7H3;12-13,19-20,29H,8-11,14-18H2,1-7H3. The highest BCUT2D eigenvalue weighted by Gasteiger charge is 2.46. The van der Waals surface area contributed by atoms with Crippen molar-refractivity contribution in [3.8, 4) is 0 Å². The van der Waals surface area contributed by atoms with Crippen molar-refractivity contribution in [2.24, 2.45) is 16.7 Å². The van der Waals surface area contributed by atoms with Crippen LogP contribution in [0.4, 0.5) is 9.59 Å². The summed E-state index contributed by atoms with van der Waals surface area (Å²) in [7, 11) is 7.73. The van der Waals surface area contributed by atoms with Crippen molar-refractivity contribution in [2.45, 2.75) is 175 Å². The van der Waals surface area contributed by atoms with E-state index in [4.69, 9.17) is 14.2 Å². The van der Waals surface area contributed by atoms with Gasteiger partial charge in [-0.3, -0.25) is 19.2 Å². The van der Waals surface area contributed by atoms with Gasteiger partial charge in [-0.2, -0.15) is 10.2 Å². The van der Waals surface area contributed by atoms with Crippen LogP contribution in [0.3, 0.4) is 0 Å². The second-order valence-electron chi connectivity index (χ2n) is 22.6.